The molecule has 2 atom stereocenters. The molecule has 2 aliphatic heterocycles. The third-order valence-electron chi connectivity index (χ3n) is 4.95. The predicted molar refractivity (Wildman–Crippen MR) is 96.7 cm³/mol. The van der Waals surface area contributed by atoms with E-state index in [9.17, 15) is 19.5 Å². The van der Waals surface area contributed by atoms with E-state index in [1.807, 2.05) is 31.2 Å². The Labute approximate surface area is 151 Å². The van der Waals surface area contributed by atoms with Gasteiger partial charge in [-0.1, -0.05) is 25.1 Å². The van der Waals surface area contributed by atoms with Crippen LogP contribution in [0.25, 0.3) is 0 Å². The van der Waals surface area contributed by atoms with Gasteiger partial charge in [-0.3, -0.25) is 9.59 Å². The summed E-state index contributed by atoms with van der Waals surface area (Å²) < 4.78 is 0. The molecule has 134 valence electrons. The second-order valence-electron chi connectivity index (χ2n) is 6.57. The van der Waals surface area contributed by atoms with Crippen molar-refractivity contribution in [2.45, 2.75) is 31.7 Å². The molecule has 2 N–H and O–H groups in total. The highest BCUT2D eigenvalue weighted by molar-refractivity contribution is 7.99. The number of hydrogen-bond donors (Lipinski definition) is 2. The van der Waals surface area contributed by atoms with Crippen LogP contribution >= 0.6 is 11.8 Å². The lowest BCUT2D eigenvalue weighted by molar-refractivity contribution is -0.147. The Hall–Kier alpha value is -2.02. The molecule has 25 heavy (non-hydrogen) atoms. The van der Waals surface area contributed by atoms with E-state index in [0.29, 0.717) is 24.5 Å². The number of carbonyl (C=O) groups is 3. The van der Waals surface area contributed by atoms with Gasteiger partial charge >= 0.3 is 5.97 Å². The van der Waals surface area contributed by atoms with Gasteiger partial charge in [-0.25, -0.2) is 4.79 Å². The van der Waals surface area contributed by atoms with Gasteiger partial charge in [-0.15, -0.1) is 0 Å². The maximum absolute atomic E-state index is 12.6. The number of nitrogens with one attached hydrogen (secondary N) is 1. The predicted octanol–water partition coefficient (Wildman–Crippen LogP) is 1.68. The van der Waals surface area contributed by atoms with Gasteiger partial charge in [0, 0.05) is 24.4 Å². The Morgan fingerprint density at radius 1 is 1.40 bits per heavy atom. The number of carbonyl (C=O) groups excluding carboxylic acids is 2. The highest BCUT2D eigenvalue weighted by atomic mass is 32.2. The van der Waals surface area contributed by atoms with Gasteiger partial charge in [0.2, 0.25) is 11.8 Å². The maximum atomic E-state index is 12.6. The van der Waals surface area contributed by atoms with E-state index >= 15 is 0 Å². The highest BCUT2D eigenvalue weighted by Crippen LogP contribution is 2.31. The zero-order valence-corrected chi connectivity index (χ0v) is 15.0. The van der Waals surface area contributed by atoms with Crippen molar-refractivity contribution in [2.24, 2.45) is 5.92 Å². The lowest BCUT2D eigenvalue weighted by Crippen LogP contribution is -2.56. The summed E-state index contributed by atoms with van der Waals surface area (Å²) >= 11 is 1.52. The lowest BCUT2D eigenvalue weighted by Gasteiger charge is -2.26. The summed E-state index contributed by atoms with van der Waals surface area (Å²) in [6.45, 7) is 2.32. The molecule has 0 aromatic heterocycles. The topological polar surface area (TPSA) is 86.7 Å². The van der Waals surface area contributed by atoms with Crippen LogP contribution in [0.5, 0.6) is 0 Å². The Balaban J connectivity index is 1.74. The van der Waals surface area contributed by atoms with E-state index in [0.717, 1.165) is 17.7 Å². The van der Waals surface area contributed by atoms with Crippen LogP contribution in [-0.2, 0) is 20.8 Å². The molecule has 2 aliphatic rings. The SMILES string of the molecule is CCc1ccccc1N1CC(C(=O)NC2(C(=O)O)CCSC2)CC1=O. The van der Waals surface area contributed by atoms with Crippen LogP contribution in [0.3, 0.4) is 0 Å². The molecule has 2 amide bonds. The highest BCUT2D eigenvalue weighted by Gasteiger charge is 2.46. The first-order valence-electron chi connectivity index (χ1n) is 8.48. The van der Waals surface area contributed by atoms with Crippen molar-refractivity contribution < 1.29 is 19.5 Å². The molecular weight excluding hydrogens is 340 g/mol. The van der Waals surface area contributed by atoms with Gasteiger partial charge in [-0.05, 0) is 30.2 Å². The maximum Gasteiger partial charge on any atom is 0.330 e. The number of rotatable bonds is 5. The smallest absolute Gasteiger partial charge is 0.330 e. The lowest BCUT2D eigenvalue weighted by atomic mass is 9.97. The molecule has 0 saturated carbocycles. The Morgan fingerprint density at radius 3 is 2.80 bits per heavy atom. The van der Waals surface area contributed by atoms with Crippen molar-refractivity contribution in [1.82, 2.24) is 5.32 Å². The number of hydrogen-bond acceptors (Lipinski definition) is 4. The Morgan fingerprint density at radius 2 is 2.16 bits per heavy atom. The van der Waals surface area contributed by atoms with Crippen molar-refractivity contribution in [3.8, 4) is 0 Å². The van der Waals surface area contributed by atoms with Crippen molar-refractivity contribution in [3.05, 3.63) is 29.8 Å². The molecule has 1 aromatic carbocycles. The van der Waals surface area contributed by atoms with Crippen molar-refractivity contribution in [2.75, 3.05) is 23.0 Å². The van der Waals surface area contributed by atoms with Crippen LogP contribution in [0.4, 0.5) is 5.69 Å². The number of benzene rings is 1. The largest absolute Gasteiger partial charge is 0.479 e. The number of aliphatic carboxylic acids is 1. The first-order chi connectivity index (χ1) is 12.0. The second-order valence-corrected chi connectivity index (χ2v) is 7.67. The Kier molecular flexibility index (Phi) is 5.03. The zero-order chi connectivity index (χ0) is 18.0. The van der Waals surface area contributed by atoms with Crippen LogP contribution in [-0.4, -0.2) is 46.5 Å². The fraction of sp³-hybridized carbons (Fsp3) is 0.500. The summed E-state index contributed by atoms with van der Waals surface area (Å²) in [4.78, 5) is 38.3. The van der Waals surface area contributed by atoms with E-state index in [1.54, 1.807) is 4.90 Å². The minimum Gasteiger partial charge on any atom is -0.479 e. The molecule has 0 spiro atoms. The van der Waals surface area contributed by atoms with Crippen LogP contribution < -0.4 is 10.2 Å². The number of carboxylic acids is 1. The molecular formula is C18H22N2O4S. The van der Waals surface area contributed by atoms with Gasteiger partial charge < -0.3 is 15.3 Å². The third kappa shape index (κ3) is 3.38. The number of carboxylic acid groups (broad SMARTS) is 1. The first kappa shape index (κ1) is 17.8. The van der Waals surface area contributed by atoms with Crippen LogP contribution in [0.15, 0.2) is 24.3 Å². The van der Waals surface area contributed by atoms with Crippen molar-refractivity contribution >= 4 is 35.2 Å². The van der Waals surface area contributed by atoms with Gasteiger partial charge in [-0.2, -0.15) is 11.8 Å². The van der Waals surface area contributed by atoms with E-state index in [2.05, 4.69) is 5.32 Å². The molecule has 2 saturated heterocycles. The fourth-order valence-corrected chi connectivity index (χ4v) is 4.74. The molecule has 6 nitrogen and oxygen atoms in total. The first-order valence-corrected chi connectivity index (χ1v) is 9.64. The summed E-state index contributed by atoms with van der Waals surface area (Å²) in [5.74, 6) is -0.855. The summed E-state index contributed by atoms with van der Waals surface area (Å²) in [6, 6.07) is 7.68. The van der Waals surface area contributed by atoms with Gasteiger partial charge in [0.15, 0.2) is 0 Å². The number of anilines is 1. The number of thioether (sulfide) groups is 1. The molecule has 1 aromatic rings. The summed E-state index contributed by atoms with van der Waals surface area (Å²) in [7, 11) is 0. The number of amides is 2. The Bertz CT molecular complexity index is 700. The number of nitrogens with zero attached hydrogens (tertiary/aromatic N) is 1. The van der Waals surface area contributed by atoms with E-state index < -0.39 is 17.4 Å². The summed E-state index contributed by atoms with van der Waals surface area (Å²) in [5.41, 5.74) is 0.709. The molecule has 0 aliphatic carbocycles. The fourth-order valence-electron chi connectivity index (χ4n) is 3.41. The zero-order valence-electron chi connectivity index (χ0n) is 14.2. The minimum absolute atomic E-state index is 0.0915. The van der Waals surface area contributed by atoms with Gasteiger partial charge in [0.05, 0.1) is 5.92 Å². The minimum atomic E-state index is -1.19. The van der Waals surface area contributed by atoms with E-state index in [1.165, 1.54) is 11.8 Å². The van der Waals surface area contributed by atoms with Gasteiger partial charge in [0.1, 0.15) is 5.54 Å². The van der Waals surface area contributed by atoms with Crippen molar-refractivity contribution in [1.29, 1.82) is 0 Å². The van der Waals surface area contributed by atoms with Crippen LogP contribution in [0, 0.1) is 5.92 Å². The number of aryl methyl sites for hydroxylation is 1. The quantitative estimate of drug-likeness (QED) is 0.832. The molecule has 2 fully saturated rings. The monoisotopic (exact) mass is 362 g/mol. The number of para-hydroxylation sites is 1. The molecule has 0 radical (unpaired) electrons. The summed E-state index contributed by atoms with van der Waals surface area (Å²) in [6.07, 6.45) is 1.34. The third-order valence-corrected chi connectivity index (χ3v) is 6.14. The standard InChI is InChI=1S/C18H22N2O4S/c1-2-12-5-3-4-6-14(12)20-10-13(9-15(20)21)16(22)19-18(17(23)24)7-8-25-11-18/h3-6,13H,2,7-11H2,1H3,(H,19,22)(H,23,24). The van der Waals surface area contributed by atoms with Gasteiger partial charge in [0.25, 0.3) is 0 Å². The van der Waals surface area contributed by atoms with E-state index in [4.69, 9.17) is 0 Å². The average molecular weight is 362 g/mol. The van der Waals surface area contributed by atoms with Crippen LogP contribution in [0.2, 0.25) is 0 Å². The second kappa shape index (κ2) is 7.07. The van der Waals surface area contributed by atoms with E-state index in [-0.39, 0.29) is 18.2 Å². The normalized spacial score (nSPS) is 26.0. The molecule has 2 heterocycles. The van der Waals surface area contributed by atoms with Crippen LogP contribution in [0.1, 0.15) is 25.3 Å². The summed E-state index contributed by atoms with van der Waals surface area (Å²) in [5, 5.41) is 12.2. The molecule has 3 rings (SSSR count). The molecule has 0 bridgehead atoms. The molecule has 2 unspecified atom stereocenters. The molecule has 7 heteroatoms. The average Bonchev–Trinajstić information content (AvgIpc) is 3.22. The van der Waals surface area contributed by atoms with Crippen molar-refractivity contribution in [3.63, 3.8) is 0 Å².